The van der Waals surface area contributed by atoms with Gasteiger partial charge in [0.25, 0.3) is 5.91 Å². The van der Waals surface area contributed by atoms with E-state index in [4.69, 9.17) is 16.3 Å². The molecule has 12 heteroatoms. The molecule has 2 aromatic carbocycles. The molecule has 6 N–H and O–H groups in total. The average molecular weight is 498 g/mol. The first-order chi connectivity index (χ1) is 17.1. The summed E-state index contributed by atoms with van der Waals surface area (Å²) >= 11 is 0. The van der Waals surface area contributed by atoms with Gasteiger partial charge in [-0.15, -0.1) is 0 Å². The van der Waals surface area contributed by atoms with Crippen LogP contribution >= 0.6 is 0 Å². The van der Waals surface area contributed by atoms with Crippen molar-refractivity contribution in [2.45, 2.75) is 6.18 Å². The maximum Gasteiger partial charge on any atom is 0.417 e. The first-order valence-electron chi connectivity index (χ1n) is 10.3. The molecule has 0 atom stereocenters. The predicted molar refractivity (Wildman–Crippen MR) is 126 cm³/mol. The summed E-state index contributed by atoms with van der Waals surface area (Å²) in [4.78, 5) is 20.6. The number of amides is 1. The van der Waals surface area contributed by atoms with Gasteiger partial charge >= 0.3 is 6.18 Å². The van der Waals surface area contributed by atoms with E-state index >= 15 is 0 Å². The Morgan fingerprint density at radius 2 is 1.72 bits per heavy atom. The maximum absolute atomic E-state index is 14.4. The molecule has 0 unspecified atom stereocenters. The number of anilines is 3. The van der Waals surface area contributed by atoms with Gasteiger partial charge in [-0.05, 0) is 60.7 Å². The minimum absolute atomic E-state index is 0.0389. The lowest BCUT2D eigenvalue weighted by atomic mass is 10.1. The van der Waals surface area contributed by atoms with Crippen LogP contribution in [0.5, 0.6) is 11.6 Å². The molecule has 0 bridgehead atoms. The van der Waals surface area contributed by atoms with Crippen molar-refractivity contribution in [2.24, 2.45) is 5.84 Å². The van der Waals surface area contributed by atoms with Crippen molar-refractivity contribution < 1.29 is 27.1 Å². The number of benzene rings is 2. The number of carbonyl (C=O) groups is 1. The topological polar surface area (TPSA) is 128 Å². The molecule has 0 fully saturated rings. The van der Waals surface area contributed by atoms with Gasteiger partial charge in [0.1, 0.15) is 11.6 Å². The molecule has 0 aliphatic carbocycles. The monoisotopic (exact) mass is 498 g/mol. The van der Waals surface area contributed by atoms with E-state index in [1.807, 2.05) is 0 Å². The van der Waals surface area contributed by atoms with Crippen LogP contribution in [0, 0.1) is 5.82 Å². The lowest BCUT2D eigenvalue weighted by Gasteiger charge is -2.11. The summed E-state index contributed by atoms with van der Waals surface area (Å²) in [5.41, 5.74) is 8.55. The summed E-state index contributed by atoms with van der Waals surface area (Å²) in [5.74, 6) is 4.41. The third-order valence-corrected chi connectivity index (χ3v) is 4.97. The second-order valence-corrected chi connectivity index (χ2v) is 7.44. The van der Waals surface area contributed by atoms with Gasteiger partial charge in [0.2, 0.25) is 5.88 Å². The molecule has 36 heavy (non-hydrogen) atoms. The maximum atomic E-state index is 14.4. The molecule has 184 valence electrons. The molecule has 1 amide bonds. The fourth-order valence-corrected chi connectivity index (χ4v) is 3.14. The summed E-state index contributed by atoms with van der Waals surface area (Å²) in [6.07, 6.45) is -3.83. The summed E-state index contributed by atoms with van der Waals surface area (Å²) < 4.78 is 57.8. The van der Waals surface area contributed by atoms with E-state index in [0.717, 1.165) is 18.2 Å². The molecule has 2 heterocycles. The van der Waals surface area contributed by atoms with Crippen molar-refractivity contribution in [1.82, 2.24) is 9.97 Å². The number of rotatable bonds is 6. The van der Waals surface area contributed by atoms with Crippen molar-refractivity contribution in [2.75, 3.05) is 16.5 Å². The standard InChI is InChI=1S/C24H18F4N6O2/c25-18-7-1-13(20-9-8-19(29)22(33-20)34-30)11-17(18)23(35)32-15-3-5-16(6-4-15)36-21-10-2-14(12-31-21)24(26,27)28/h1-12H,29-30H2,(H,32,35)(H,33,34). The van der Waals surface area contributed by atoms with Crippen LogP contribution in [0.1, 0.15) is 15.9 Å². The fraction of sp³-hybridized carbons (Fsp3) is 0.0417. The molecule has 0 saturated heterocycles. The second-order valence-electron chi connectivity index (χ2n) is 7.44. The first-order valence-corrected chi connectivity index (χ1v) is 10.3. The number of aromatic nitrogens is 2. The Hall–Kier alpha value is -4.71. The van der Waals surface area contributed by atoms with Crippen LogP contribution in [0.15, 0.2) is 72.9 Å². The van der Waals surface area contributed by atoms with Crippen molar-refractivity contribution in [1.29, 1.82) is 0 Å². The largest absolute Gasteiger partial charge is 0.439 e. The Kier molecular flexibility index (Phi) is 6.70. The average Bonchev–Trinajstić information content (AvgIpc) is 2.85. The van der Waals surface area contributed by atoms with Crippen LogP contribution in [0.2, 0.25) is 0 Å². The van der Waals surface area contributed by atoms with Crippen LogP contribution in [-0.4, -0.2) is 15.9 Å². The zero-order valence-corrected chi connectivity index (χ0v) is 18.3. The molecule has 0 spiro atoms. The number of halogens is 4. The highest BCUT2D eigenvalue weighted by Gasteiger charge is 2.30. The zero-order valence-electron chi connectivity index (χ0n) is 18.3. The summed E-state index contributed by atoms with van der Waals surface area (Å²) in [5, 5.41) is 2.58. The van der Waals surface area contributed by atoms with E-state index in [1.165, 1.54) is 36.4 Å². The lowest BCUT2D eigenvalue weighted by Crippen LogP contribution is -2.14. The van der Waals surface area contributed by atoms with Gasteiger partial charge in [-0.1, -0.05) is 0 Å². The SMILES string of the molecule is NNc1nc(-c2ccc(F)c(C(=O)Nc3ccc(Oc4ccc(C(F)(F)F)cn4)cc3)c2)ccc1N. The predicted octanol–water partition coefficient (Wildman–Crippen LogP) is 5.21. The van der Waals surface area contributed by atoms with Crippen LogP contribution in [0.3, 0.4) is 0 Å². The van der Waals surface area contributed by atoms with Gasteiger partial charge in [0.05, 0.1) is 22.5 Å². The zero-order chi connectivity index (χ0) is 25.9. The Morgan fingerprint density at radius 1 is 0.972 bits per heavy atom. The van der Waals surface area contributed by atoms with Gasteiger partial charge in [0.15, 0.2) is 5.82 Å². The van der Waals surface area contributed by atoms with Crippen LogP contribution in [-0.2, 0) is 6.18 Å². The van der Waals surface area contributed by atoms with E-state index in [2.05, 4.69) is 20.7 Å². The van der Waals surface area contributed by atoms with Gasteiger partial charge in [-0.2, -0.15) is 13.2 Å². The Balaban J connectivity index is 1.46. The van der Waals surface area contributed by atoms with Crippen LogP contribution < -0.4 is 27.1 Å². The summed E-state index contributed by atoms with van der Waals surface area (Å²) in [6.45, 7) is 0. The molecular formula is C24H18F4N6O2. The van der Waals surface area contributed by atoms with Gasteiger partial charge in [-0.3, -0.25) is 4.79 Å². The Labute approximate surface area is 201 Å². The van der Waals surface area contributed by atoms with E-state index in [1.54, 1.807) is 12.1 Å². The molecule has 0 radical (unpaired) electrons. The molecular weight excluding hydrogens is 480 g/mol. The first kappa shape index (κ1) is 24.4. The lowest BCUT2D eigenvalue weighted by molar-refractivity contribution is -0.137. The van der Waals surface area contributed by atoms with E-state index in [9.17, 15) is 22.4 Å². The number of nitrogen functional groups attached to an aromatic ring is 2. The summed E-state index contributed by atoms with van der Waals surface area (Å²) in [6, 6.07) is 15.0. The molecule has 0 aliphatic heterocycles. The van der Waals surface area contributed by atoms with Gasteiger partial charge < -0.3 is 21.2 Å². The quantitative estimate of drug-likeness (QED) is 0.163. The molecule has 8 nitrogen and oxygen atoms in total. The molecule has 0 aliphatic rings. The number of hydrogen-bond acceptors (Lipinski definition) is 7. The highest BCUT2D eigenvalue weighted by Crippen LogP contribution is 2.30. The third-order valence-electron chi connectivity index (χ3n) is 4.97. The second kappa shape index (κ2) is 9.88. The minimum atomic E-state index is -4.50. The summed E-state index contributed by atoms with van der Waals surface area (Å²) in [7, 11) is 0. The molecule has 4 aromatic rings. The number of nitrogens with zero attached hydrogens (tertiary/aromatic N) is 2. The number of nitrogens with one attached hydrogen (secondary N) is 2. The fourth-order valence-electron chi connectivity index (χ4n) is 3.14. The van der Waals surface area contributed by atoms with E-state index in [0.29, 0.717) is 28.8 Å². The van der Waals surface area contributed by atoms with E-state index < -0.39 is 23.5 Å². The van der Waals surface area contributed by atoms with Crippen LogP contribution in [0.25, 0.3) is 11.3 Å². The van der Waals surface area contributed by atoms with Gasteiger partial charge in [-0.25, -0.2) is 20.2 Å². The highest BCUT2D eigenvalue weighted by molar-refractivity contribution is 6.05. The minimum Gasteiger partial charge on any atom is -0.439 e. The smallest absolute Gasteiger partial charge is 0.417 e. The van der Waals surface area contributed by atoms with Gasteiger partial charge in [0, 0.05) is 23.5 Å². The Morgan fingerprint density at radius 3 is 2.36 bits per heavy atom. The number of carbonyl (C=O) groups excluding carboxylic acids is 1. The normalized spacial score (nSPS) is 11.1. The van der Waals surface area contributed by atoms with Crippen molar-refractivity contribution in [3.05, 3.63) is 89.9 Å². The molecule has 2 aromatic heterocycles. The number of hydrazine groups is 1. The number of nitrogens with two attached hydrogens (primary N) is 2. The van der Waals surface area contributed by atoms with Crippen molar-refractivity contribution in [3.8, 4) is 22.9 Å². The highest BCUT2D eigenvalue weighted by atomic mass is 19.4. The van der Waals surface area contributed by atoms with E-state index in [-0.39, 0.29) is 23.0 Å². The number of hydrogen-bond donors (Lipinski definition) is 4. The number of pyridine rings is 2. The van der Waals surface area contributed by atoms with Crippen LogP contribution in [0.4, 0.5) is 34.8 Å². The number of ether oxygens (including phenoxy) is 1. The molecule has 4 rings (SSSR count). The van der Waals surface area contributed by atoms with Crippen molar-refractivity contribution >= 4 is 23.1 Å². The van der Waals surface area contributed by atoms with Crippen molar-refractivity contribution in [3.63, 3.8) is 0 Å². The molecule has 0 saturated carbocycles. The Bertz CT molecular complexity index is 1390. The third kappa shape index (κ3) is 5.50. The number of alkyl halides is 3.